The maximum absolute atomic E-state index is 12.6. The summed E-state index contributed by atoms with van der Waals surface area (Å²) in [6.07, 6.45) is 9.16. The number of carbonyl (C=O) groups excluding carboxylic acids is 1. The minimum Gasteiger partial charge on any atom is -0.457 e. The van der Waals surface area contributed by atoms with Crippen LogP contribution in [-0.2, 0) is 4.79 Å². The van der Waals surface area contributed by atoms with E-state index in [1.807, 2.05) is 65.6 Å². The number of likely N-dealkylation sites (tertiary alicyclic amines) is 1. The van der Waals surface area contributed by atoms with Crippen LogP contribution in [0.2, 0.25) is 0 Å². The highest BCUT2D eigenvalue weighted by Gasteiger charge is 2.26. The van der Waals surface area contributed by atoms with E-state index in [-0.39, 0.29) is 23.5 Å². The molecule has 2 fully saturated rings. The molecule has 1 amide bonds. The van der Waals surface area contributed by atoms with Gasteiger partial charge in [0.2, 0.25) is 5.91 Å². The van der Waals surface area contributed by atoms with Gasteiger partial charge in [0.1, 0.15) is 29.5 Å². The van der Waals surface area contributed by atoms with Crippen molar-refractivity contribution in [3.8, 4) is 11.5 Å². The molecule has 9 nitrogen and oxygen atoms in total. The molecule has 3 aromatic rings. The molecule has 0 radical (unpaired) electrons. The Labute approximate surface area is 229 Å². The van der Waals surface area contributed by atoms with Gasteiger partial charge < -0.3 is 20.7 Å². The highest BCUT2D eigenvalue weighted by molar-refractivity contribution is 6.16. The molecule has 2 heterocycles. The van der Waals surface area contributed by atoms with Crippen LogP contribution >= 0.6 is 0 Å². The summed E-state index contributed by atoms with van der Waals surface area (Å²) in [7, 11) is 2.10. The van der Waals surface area contributed by atoms with Crippen molar-refractivity contribution in [3.05, 3.63) is 84.2 Å². The van der Waals surface area contributed by atoms with Crippen molar-refractivity contribution < 1.29 is 9.53 Å². The third kappa shape index (κ3) is 6.80. The standard InChI is InChI=1S/C30H35N7O2/c1-36(23-11-12-23)17-5-8-26(38)37-18-15-22(16-19-37)35-30-27(29(32)33-20-34-30)28(31)21-9-13-25(14-10-21)39-24-6-3-2-4-7-24/h2-10,13-14,20,22-23,31H,11-12,15-19H2,1H3,(H3,32,33,34,35). The van der Waals surface area contributed by atoms with E-state index in [4.69, 9.17) is 15.9 Å². The van der Waals surface area contributed by atoms with Crippen LogP contribution in [0.4, 0.5) is 11.6 Å². The lowest BCUT2D eigenvalue weighted by atomic mass is 10.0. The maximum atomic E-state index is 12.6. The Balaban J connectivity index is 1.19. The molecule has 1 aliphatic carbocycles. The number of hydrogen-bond acceptors (Lipinski definition) is 8. The Bertz CT molecular complexity index is 1310. The number of aromatic nitrogens is 2. The molecule has 5 rings (SSSR count). The van der Waals surface area contributed by atoms with Gasteiger partial charge in [-0.1, -0.05) is 24.3 Å². The number of nitrogen functional groups attached to an aromatic ring is 1. The summed E-state index contributed by atoms with van der Waals surface area (Å²) >= 11 is 0. The number of para-hydroxylation sites is 1. The molecular weight excluding hydrogens is 490 g/mol. The zero-order chi connectivity index (χ0) is 27.2. The second-order valence-electron chi connectivity index (χ2n) is 10.1. The first kappa shape index (κ1) is 26.4. The maximum Gasteiger partial charge on any atom is 0.246 e. The summed E-state index contributed by atoms with van der Waals surface area (Å²) in [5.74, 6) is 2.27. The second-order valence-corrected chi connectivity index (χ2v) is 10.1. The Hall–Kier alpha value is -4.24. The molecule has 2 aromatic carbocycles. The van der Waals surface area contributed by atoms with E-state index in [0.717, 1.165) is 25.1 Å². The average molecular weight is 526 g/mol. The summed E-state index contributed by atoms with van der Waals surface area (Å²) < 4.78 is 5.87. The fourth-order valence-electron chi connectivity index (χ4n) is 4.74. The summed E-state index contributed by atoms with van der Waals surface area (Å²) in [6, 6.07) is 17.7. The summed E-state index contributed by atoms with van der Waals surface area (Å²) in [6.45, 7) is 2.13. The zero-order valence-corrected chi connectivity index (χ0v) is 22.2. The normalized spacial score (nSPS) is 16.0. The molecule has 0 spiro atoms. The van der Waals surface area contributed by atoms with Crippen molar-refractivity contribution in [1.82, 2.24) is 19.8 Å². The van der Waals surface area contributed by atoms with Crippen LogP contribution in [0.5, 0.6) is 11.5 Å². The van der Waals surface area contributed by atoms with Crippen LogP contribution in [0.1, 0.15) is 36.8 Å². The molecule has 0 atom stereocenters. The van der Waals surface area contributed by atoms with Gasteiger partial charge in [0.05, 0.1) is 11.3 Å². The first-order valence-electron chi connectivity index (χ1n) is 13.4. The smallest absolute Gasteiger partial charge is 0.246 e. The number of anilines is 2. The van der Waals surface area contributed by atoms with E-state index in [2.05, 4.69) is 27.2 Å². The summed E-state index contributed by atoms with van der Waals surface area (Å²) in [5, 5.41) is 12.3. The van der Waals surface area contributed by atoms with Crippen LogP contribution in [0.15, 0.2) is 73.1 Å². The number of ether oxygens (including phenoxy) is 1. The van der Waals surface area contributed by atoms with Gasteiger partial charge in [-0.05, 0) is 69.1 Å². The van der Waals surface area contributed by atoms with Crippen molar-refractivity contribution in [2.45, 2.75) is 37.8 Å². The average Bonchev–Trinajstić information content (AvgIpc) is 3.80. The Kier molecular flexibility index (Phi) is 8.17. The minimum atomic E-state index is 0.0612. The number of nitrogens with two attached hydrogens (primary N) is 1. The predicted molar refractivity (Wildman–Crippen MR) is 153 cm³/mol. The van der Waals surface area contributed by atoms with Crippen LogP contribution in [0, 0.1) is 5.41 Å². The fraction of sp³-hybridized carbons (Fsp3) is 0.333. The molecule has 4 N–H and O–H groups in total. The number of nitrogens with one attached hydrogen (secondary N) is 2. The third-order valence-electron chi connectivity index (χ3n) is 7.22. The number of nitrogens with zero attached hydrogens (tertiary/aromatic N) is 4. The van der Waals surface area contributed by atoms with Crippen molar-refractivity contribution in [2.75, 3.05) is 37.7 Å². The van der Waals surface area contributed by atoms with Crippen LogP contribution < -0.4 is 15.8 Å². The molecule has 1 saturated carbocycles. The molecule has 202 valence electrons. The highest BCUT2D eigenvalue weighted by Crippen LogP contribution is 2.27. The Morgan fingerprint density at radius 2 is 1.77 bits per heavy atom. The minimum absolute atomic E-state index is 0.0612. The molecule has 39 heavy (non-hydrogen) atoms. The van der Waals surface area contributed by atoms with Crippen LogP contribution in [-0.4, -0.2) is 70.2 Å². The Morgan fingerprint density at radius 3 is 2.46 bits per heavy atom. The van der Waals surface area contributed by atoms with Gasteiger partial charge in [-0.25, -0.2) is 9.97 Å². The van der Waals surface area contributed by atoms with Crippen molar-refractivity contribution in [2.24, 2.45) is 0 Å². The van der Waals surface area contributed by atoms with Gasteiger partial charge in [0.25, 0.3) is 0 Å². The Morgan fingerprint density at radius 1 is 1.08 bits per heavy atom. The van der Waals surface area contributed by atoms with E-state index in [9.17, 15) is 4.79 Å². The van der Waals surface area contributed by atoms with E-state index in [0.29, 0.717) is 41.8 Å². The molecule has 1 saturated heterocycles. The number of likely N-dealkylation sites (N-methyl/N-ethyl adjacent to an activating group) is 1. The van der Waals surface area contributed by atoms with Gasteiger partial charge >= 0.3 is 0 Å². The number of amides is 1. The van der Waals surface area contributed by atoms with E-state index < -0.39 is 0 Å². The lowest BCUT2D eigenvalue weighted by Gasteiger charge is -2.32. The van der Waals surface area contributed by atoms with E-state index >= 15 is 0 Å². The first-order chi connectivity index (χ1) is 19.0. The molecule has 1 aliphatic heterocycles. The van der Waals surface area contributed by atoms with Gasteiger partial charge in [0.15, 0.2) is 0 Å². The SMILES string of the molecule is CN(CC=CC(=O)N1CCC(Nc2ncnc(N)c2C(=N)c2ccc(Oc3ccccc3)cc2)CC1)C1CC1. The van der Waals surface area contributed by atoms with Gasteiger partial charge in [-0.15, -0.1) is 0 Å². The molecule has 1 aromatic heterocycles. The van der Waals surface area contributed by atoms with Gasteiger partial charge in [-0.2, -0.15) is 0 Å². The molecule has 9 heteroatoms. The fourth-order valence-corrected chi connectivity index (χ4v) is 4.74. The van der Waals surface area contributed by atoms with Crippen LogP contribution in [0.3, 0.4) is 0 Å². The zero-order valence-electron chi connectivity index (χ0n) is 22.2. The van der Waals surface area contributed by atoms with Crippen molar-refractivity contribution >= 4 is 23.3 Å². The number of piperidine rings is 1. The number of benzene rings is 2. The molecule has 0 bridgehead atoms. The molecular formula is C30H35N7O2. The highest BCUT2D eigenvalue weighted by atomic mass is 16.5. The van der Waals surface area contributed by atoms with E-state index in [1.165, 1.54) is 19.2 Å². The lowest BCUT2D eigenvalue weighted by Crippen LogP contribution is -2.42. The van der Waals surface area contributed by atoms with Gasteiger partial charge in [-0.3, -0.25) is 15.1 Å². The summed E-state index contributed by atoms with van der Waals surface area (Å²) in [4.78, 5) is 25.4. The van der Waals surface area contributed by atoms with Crippen molar-refractivity contribution in [1.29, 1.82) is 5.41 Å². The third-order valence-corrected chi connectivity index (χ3v) is 7.22. The number of carbonyl (C=O) groups is 1. The monoisotopic (exact) mass is 525 g/mol. The topological polar surface area (TPSA) is 120 Å². The van der Waals surface area contributed by atoms with Gasteiger partial charge in [0, 0.05) is 43.4 Å². The quantitative estimate of drug-likeness (QED) is 0.266. The molecule has 2 aliphatic rings. The molecule has 0 unspecified atom stereocenters. The summed E-state index contributed by atoms with van der Waals surface area (Å²) in [5.41, 5.74) is 7.61. The van der Waals surface area contributed by atoms with E-state index in [1.54, 1.807) is 6.08 Å². The van der Waals surface area contributed by atoms with Crippen LogP contribution in [0.25, 0.3) is 0 Å². The number of hydrogen-bond donors (Lipinski definition) is 3. The predicted octanol–water partition coefficient (Wildman–Crippen LogP) is 4.32. The first-order valence-corrected chi connectivity index (χ1v) is 13.4. The second kappa shape index (κ2) is 12.1. The van der Waals surface area contributed by atoms with Crippen molar-refractivity contribution in [3.63, 3.8) is 0 Å². The largest absolute Gasteiger partial charge is 0.457 e. The number of rotatable bonds is 10. The lowest BCUT2D eigenvalue weighted by molar-refractivity contribution is -0.126.